The van der Waals surface area contributed by atoms with E-state index in [0.717, 1.165) is 35.8 Å². The molecule has 0 unspecified atom stereocenters. The van der Waals surface area contributed by atoms with Gasteiger partial charge in [0, 0.05) is 0 Å². The van der Waals surface area contributed by atoms with Crippen LogP contribution in [0.5, 0.6) is 0 Å². The van der Waals surface area contributed by atoms with Gasteiger partial charge in [0.15, 0.2) is 0 Å². The molecule has 4 aromatic rings. The number of benzene rings is 1. The number of hydrogen-bond acceptors (Lipinski definition) is 7. The molecule has 0 amide bonds. The molecule has 0 radical (unpaired) electrons. The van der Waals surface area contributed by atoms with Crippen LogP contribution >= 0.6 is 11.3 Å². The first kappa shape index (κ1) is 26.1. The van der Waals surface area contributed by atoms with Crippen LogP contribution in [0.4, 0.5) is 0 Å². The summed E-state index contributed by atoms with van der Waals surface area (Å²) in [5.41, 5.74) is -1.61. The standard InChI is InChI=1S/C28H31N3O6S/c1-17-21-24(32)31(28(2,3)26(33)34)27(35)30(25(21)38-22(17)23-29-14-15-36-23)16-20(18-10-6-4-7-11-18)37-19-12-8-5-9-13-19/h4,6-7,10-11,14-15,19-20H,5,8-9,12-13,16H2,1-3H3,(H,33,34)/t20-/m0/s1. The zero-order valence-electron chi connectivity index (χ0n) is 21.7. The maximum absolute atomic E-state index is 14.0. The maximum atomic E-state index is 14.0. The second-order valence-electron chi connectivity index (χ2n) is 10.3. The summed E-state index contributed by atoms with van der Waals surface area (Å²) in [6.07, 6.45) is 7.83. The molecule has 10 heteroatoms. The lowest BCUT2D eigenvalue weighted by Crippen LogP contribution is -2.52. The third-order valence-electron chi connectivity index (χ3n) is 7.35. The minimum atomic E-state index is -1.77. The summed E-state index contributed by atoms with van der Waals surface area (Å²) in [5.74, 6) is -0.939. The van der Waals surface area contributed by atoms with Crippen molar-refractivity contribution in [3.8, 4) is 10.8 Å². The number of thiophene rings is 1. The van der Waals surface area contributed by atoms with E-state index in [-0.39, 0.29) is 18.0 Å². The van der Waals surface area contributed by atoms with E-state index in [1.54, 1.807) is 6.92 Å². The maximum Gasteiger partial charge on any atom is 0.333 e. The summed E-state index contributed by atoms with van der Waals surface area (Å²) in [4.78, 5) is 45.2. The number of carboxylic acid groups (broad SMARTS) is 1. The first-order valence-electron chi connectivity index (χ1n) is 12.8. The monoisotopic (exact) mass is 537 g/mol. The Morgan fingerprint density at radius 2 is 1.92 bits per heavy atom. The van der Waals surface area contributed by atoms with Crippen LogP contribution in [0.15, 0.2) is 56.8 Å². The van der Waals surface area contributed by atoms with E-state index in [0.29, 0.717) is 21.2 Å². The first-order valence-corrected chi connectivity index (χ1v) is 13.6. The van der Waals surface area contributed by atoms with E-state index in [2.05, 4.69) is 4.98 Å². The molecule has 3 heterocycles. The Balaban J connectivity index is 1.74. The molecule has 1 atom stereocenters. The number of fused-ring (bicyclic) bond motifs is 1. The van der Waals surface area contributed by atoms with E-state index >= 15 is 0 Å². The Bertz CT molecular complexity index is 1560. The number of aryl methyl sites for hydroxylation is 1. The second-order valence-corrected chi connectivity index (χ2v) is 11.3. The van der Waals surface area contributed by atoms with Gasteiger partial charge in [-0.1, -0.05) is 49.6 Å². The zero-order valence-corrected chi connectivity index (χ0v) is 22.5. The summed E-state index contributed by atoms with van der Waals surface area (Å²) in [5, 5.41) is 10.2. The van der Waals surface area contributed by atoms with Crippen molar-refractivity contribution in [1.82, 2.24) is 14.1 Å². The molecule has 200 valence electrons. The minimum Gasteiger partial charge on any atom is -0.480 e. The van der Waals surface area contributed by atoms with Gasteiger partial charge in [0.1, 0.15) is 22.7 Å². The number of carboxylic acids is 1. The number of oxazole rings is 1. The molecule has 1 fully saturated rings. The molecule has 9 nitrogen and oxygen atoms in total. The number of ether oxygens (including phenoxy) is 1. The van der Waals surface area contributed by atoms with Gasteiger partial charge in [-0.15, -0.1) is 11.3 Å². The summed E-state index contributed by atoms with van der Waals surface area (Å²) < 4.78 is 14.5. The summed E-state index contributed by atoms with van der Waals surface area (Å²) in [6.45, 7) is 4.60. The van der Waals surface area contributed by atoms with E-state index < -0.39 is 28.9 Å². The van der Waals surface area contributed by atoms with Crippen molar-refractivity contribution in [3.63, 3.8) is 0 Å². The summed E-state index contributed by atoms with van der Waals surface area (Å²) in [7, 11) is 0. The molecule has 0 saturated heterocycles. The van der Waals surface area contributed by atoms with Gasteiger partial charge in [0.25, 0.3) is 5.56 Å². The van der Waals surface area contributed by atoms with Gasteiger partial charge in [-0.05, 0) is 44.7 Å². The highest BCUT2D eigenvalue weighted by atomic mass is 32.1. The lowest BCUT2D eigenvalue weighted by atomic mass is 9.97. The van der Waals surface area contributed by atoms with Gasteiger partial charge in [-0.3, -0.25) is 9.36 Å². The van der Waals surface area contributed by atoms with Crippen LogP contribution in [-0.2, 0) is 21.6 Å². The quantitative estimate of drug-likeness (QED) is 0.332. The number of nitrogens with zero attached hydrogens (tertiary/aromatic N) is 3. The average Bonchev–Trinajstić information content (AvgIpc) is 3.55. The fourth-order valence-corrected chi connectivity index (χ4v) is 6.37. The predicted molar refractivity (Wildman–Crippen MR) is 145 cm³/mol. The van der Waals surface area contributed by atoms with Crippen molar-refractivity contribution >= 4 is 27.5 Å². The van der Waals surface area contributed by atoms with Gasteiger partial charge >= 0.3 is 11.7 Å². The third-order valence-corrected chi connectivity index (χ3v) is 8.65. The molecule has 38 heavy (non-hydrogen) atoms. The van der Waals surface area contributed by atoms with E-state index in [1.807, 2.05) is 30.3 Å². The molecular formula is C28H31N3O6S. The predicted octanol–water partition coefficient (Wildman–Crippen LogP) is 5.10. The highest BCUT2D eigenvalue weighted by Crippen LogP contribution is 2.37. The van der Waals surface area contributed by atoms with Gasteiger partial charge in [-0.25, -0.2) is 19.1 Å². The normalized spacial score (nSPS) is 15.7. The van der Waals surface area contributed by atoms with Crippen molar-refractivity contribution in [2.75, 3.05) is 0 Å². The third kappa shape index (κ3) is 4.63. The van der Waals surface area contributed by atoms with Crippen LogP contribution in [0, 0.1) is 6.92 Å². The Labute approximate surface area is 223 Å². The number of aliphatic carboxylic acids is 1. The summed E-state index contributed by atoms with van der Waals surface area (Å²) in [6, 6.07) is 9.70. The van der Waals surface area contributed by atoms with Crippen LogP contribution < -0.4 is 11.2 Å². The van der Waals surface area contributed by atoms with Gasteiger partial charge in [0.05, 0.1) is 29.1 Å². The Kier molecular flexibility index (Phi) is 7.11. The largest absolute Gasteiger partial charge is 0.480 e. The SMILES string of the molecule is Cc1c(-c2ncco2)sc2c1c(=O)n(C(C)(C)C(=O)O)c(=O)n2C[C@H](OC1CCCCC1)c1ccccc1. The number of hydrogen-bond donors (Lipinski definition) is 1. The molecular weight excluding hydrogens is 506 g/mol. The molecule has 1 aliphatic carbocycles. The summed E-state index contributed by atoms with van der Waals surface area (Å²) >= 11 is 1.24. The fourth-order valence-electron chi connectivity index (χ4n) is 5.13. The molecule has 3 aromatic heterocycles. The van der Waals surface area contributed by atoms with Gasteiger partial charge in [-0.2, -0.15) is 0 Å². The molecule has 0 bridgehead atoms. The molecule has 1 saturated carbocycles. The Morgan fingerprint density at radius 1 is 1.21 bits per heavy atom. The molecule has 1 aliphatic rings. The molecule has 1 aromatic carbocycles. The highest BCUT2D eigenvalue weighted by molar-refractivity contribution is 7.22. The van der Waals surface area contributed by atoms with Crippen molar-refractivity contribution < 1.29 is 19.1 Å². The van der Waals surface area contributed by atoms with Crippen molar-refractivity contribution in [2.45, 2.75) is 77.2 Å². The molecule has 1 N–H and O–H groups in total. The number of carbonyl (C=O) groups is 1. The van der Waals surface area contributed by atoms with Crippen molar-refractivity contribution in [2.24, 2.45) is 0 Å². The van der Waals surface area contributed by atoms with Crippen LogP contribution in [0.25, 0.3) is 21.0 Å². The van der Waals surface area contributed by atoms with E-state index in [9.17, 15) is 19.5 Å². The Hall–Kier alpha value is -3.50. The first-order chi connectivity index (χ1) is 18.2. The highest BCUT2D eigenvalue weighted by Gasteiger charge is 2.36. The minimum absolute atomic E-state index is 0.0643. The molecule has 5 rings (SSSR count). The van der Waals surface area contributed by atoms with Crippen molar-refractivity contribution in [1.29, 1.82) is 0 Å². The van der Waals surface area contributed by atoms with Crippen LogP contribution in [0.2, 0.25) is 0 Å². The second kappa shape index (κ2) is 10.3. The number of rotatable bonds is 8. The molecule has 0 spiro atoms. The van der Waals surface area contributed by atoms with Crippen molar-refractivity contribution in [3.05, 3.63) is 74.8 Å². The zero-order chi connectivity index (χ0) is 27.0. The van der Waals surface area contributed by atoms with Gasteiger partial charge < -0.3 is 14.3 Å². The van der Waals surface area contributed by atoms with Gasteiger partial charge in [0.2, 0.25) is 5.89 Å². The van der Waals surface area contributed by atoms with E-state index in [1.165, 1.54) is 48.6 Å². The Morgan fingerprint density at radius 3 is 2.55 bits per heavy atom. The fraction of sp³-hybridized carbons (Fsp3) is 0.429. The lowest BCUT2D eigenvalue weighted by Gasteiger charge is -2.29. The van der Waals surface area contributed by atoms with Crippen LogP contribution in [0.1, 0.15) is 63.2 Å². The van der Waals surface area contributed by atoms with Crippen LogP contribution in [-0.4, -0.2) is 31.3 Å². The van der Waals surface area contributed by atoms with Crippen LogP contribution in [0.3, 0.4) is 0 Å². The number of aromatic nitrogens is 3. The smallest absolute Gasteiger partial charge is 0.333 e. The topological polar surface area (TPSA) is 117 Å². The van der Waals surface area contributed by atoms with E-state index in [4.69, 9.17) is 9.15 Å². The molecule has 0 aliphatic heterocycles. The lowest BCUT2D eigenvalue weighted by molar-refractivity contribution is -0.146. The average molecular weight is 538 g/mol.